The first-order chi connectivity index (χ1) is 21.7. The number of hydrogen-bond acceptors (Lipinski definition) is 6. The van der Waals surface area contributed by atoms with Crippen molar-refractivity contribution >= 4 is 33.0 Å². The molecule has 0 radical (unpaired) electrons. The van der Waals surface area contributed by atoms with Crippen LogP contribution in [0.4, 0.5) is 18.9 Å². The zero-order valence-corrected chi connectivity index (χ0v) is 27.2. The summed E-state index contributed by atoms with van der Waals surface area (Å²) in [6.45, 7) is 4.37. The van der Waals surface area contributed by atoms with Crippen LogP contribution in [0.15, 0.2) is 77.4 Å². The third kappa shape index (κ3) is 6.97. The molecule has 3 unspecified atom stereocenters. The molecule has 2 saturated carbocycles. The Morgan fingerprint density at radius 3 is 2.30 bits per heavy atom. The zero-order valence-electron chi connectivity index (χ0n) is 25.6. The second-order valence-corrected chi connectivity index (χ2v) is 14.9. The number of carbonyl (C=O) groups excluding carboxylic acids is 1. The van der Waals surface area contributed by atoms with Gasteiger partial charge in [0.2, 0.25) is 0 Å². The van der Waals surface area contributed by atoms with Gasteiger partial charge >= 0.3 is 0 Å². The first-order valence-corrected chi connectivity index (χ1v) is 16.9. The van der Waals surface area contributed by atoms with Gasteiger partial charge in [-0.2, -0.15) is 0 Å². The first kappa shape index (κ1) is 34.0. The van der Waals surface area contributed by atoms with E-state index in [1.54, 1.807) is 11.3 Å². The van der Waals surface area contributed by atoms with Gasteiger partial charge in [0.15, 0.2) is 27.3 Å². The summed E-state index contributed by atoms with van der Waals surface area (Å²) in [4.78, 5) is 18.5. The predicted octanol–water partition coefficient (Wildman–Crippen LogP) is 7.31. The van der Waals surface area contributed by atoms with Gasteiger partial charge in [-0.3, -0.25) is 4.79 Å². The average molecular weight is 677 g/mol. The van der Waals surface area contributed by atoms with Crippen molar-refractivity contribution in [3.8, 4) is 0 Å². The Labute approximate surface area is 271 Å². The monoisotopic (exact) mass is 676 g/mol. The molecule has 2 bridgehead atoms. The van der Waals surface area contributed by atoms with Crippen LogP contribution in [0.5, 0.6) is 0 Å². The fourth-order valence-corrected chi connectivity index (χ4v) is 9.69. The number of hydrogen-bond donors (Lipinski definition) is 2. The highest BCUT2D eigenvalue weighted by molar-refractivity contribution is 7.92. The summed E-state index contributed by atoms with van der Waals surface area (Å²) >= 11 is 6.37. The van der Waals surface area contributed by atoms with Crippen molar-refractivity contribution in [3.05, 3.63) is 106 Å². The lowest BCUT2D eigenvalue weighted by Crippen LogP contribution is -2.49. The van der Waals surface area contributed by atoms with E-state index in [4.69, 9.17) is 16.4 Å². The minimum absolute atomic E-state index is 0.0698. The number of halogens is 4. The number of hydroxylamine groups is 2. The molecule has 12 heteroatoms. The number of rotatable bonds is 10. The van der Waals surface area contributed by atoms with Crippen LogP contribution in [0.1, 0.15) is 55.5 Å². The molecule has 7 nitrogen and oxygen atoms in total. The van der Waals surface area contributed by atoms with Crippen molar-refractivity contribution in [1.82, 2.24) is 5.06 Å². The maximum Gasteiger partial charge on any atom is 0.255 e. The second-order valence-electron chi connectivity index (χ2n) is 12.4. The number of fused-ring (bicyclic) bond motifs is 2. The molecule has 3 aromatic carbocycles. The molecule has 0 aromatic heterocycles. The SMILES string of the molecule is C/C(=C/ON(C)Cc1ccccc1)C(C)[C@]1(O)CC2CC[C@@H](C1)C2S(=O)(=O)c1cc(C(=O)Nc2cc(F)c(F)c(F)c2)ccc1Cl. The molecule has 2 aliphatic rings. The topological polar surface area (TPSA) is 95.9 Å². The van der Waals surface area contributed by atoms with Crippen LogP contribution in [0.3, 0.4) is 0 Å². The van der Waals surface area contributed by atoms with Crippen LogP contribution < -0.4 is 5.32 Å². The van der Waals surface area contributed by atoms with Crippen LogP contribution in [0.2, 0.25) is 5.02 Å². The van der Waals surface area contributed by atoms with Crippen LogP contribution in [0, 0.1) is 35.2 Å². The smallest absolute Gasteiger partial charge is 0.255 e. The van der Waals surface area contributed by atoms with E-state index in [0.29, 0.717) is 31.5 Å². The highest BCUT2D eigenvalue weighted by Gasteiger charge is 2.56. The van der Waals surface area contributed by atoms with E-state index >= 15 is 0 Å². The lowest BCUT2D eigenvalue weighted by Gasteiger charge is -2.44. The van der Waals surface area contributed by atoms with Crippen molar-refractivity contribution in [2.45, 2.75) is 61.8 Å². The normalized spacial score (nSPS) is 23.8. The Balaban J connectivity index is 1.30. The third-order valence-corrected chi connectivity index (χ3v) is 12.2. The molecular formula is C34H36ClF3N2O5S. The molecule has 0 heterocycles. The van der Waals surface area contributed by atoms with E-state index in [1.165, 1.54) is 12.1 Å². The van der Waals surface area contributed by atoms with Crippen LogP contribution in [-0.4, -0.2) is 42.4 Å². The number of aliphatic hydroxyl groups is 1. The maximum absolute atomic E-state index is 14.1. The number of benzene rings is 3. The number of anilines is 1. The second kappa shape index (κ2) is 13.4. The fraction of sp³-hybridized carbons (Fsp3) is 0.382. The summed E-state index contributed by atoms with van der Waals surface area (Å²) in [6.07, 6.45) is 3.38. The molecule has 46 heavy (non-hydrogen) atoms. The Hall–Kier alpha value is -3.38. The van der Waals surface area contributed by atoms with E-state index in [-0.39, 0.29) is 51.8 Å². The van der Waals surface area contributed by atoms with Gasteiger partial charge in [0.25, 0.3) is 5.91 Å². The van der Waals surface area contributed by atoms with E-state index in [1.807, 2.05) is 51.2 Å². The molecule has 1 amide bonds. The summed E-state index contributed by atoms with van der Waals surface area (Å²) in [5.74, 6) is -6.48. The summed E-state index contributed by atoms with van der Waals surface area (Å²) in [5.41, 5.74) is 0.316. The predicted molar refractivity (Wildman–Crippen MR) is 169 cm³/mol. The molecule has 3 aromatic rings. The maximum atomic E-state index is 14.1. The van der Waals surface area contributed by atoms with Crippen LogP contribution >= 0.6 is 11.6 Å². The van der Waals surface area contributed by atoms with Crippen molar-refractivity contribution < 1.29 is 36.3 Å². The van der Waals surface area contributed by atoms with E-state index in [9.17, 15) is 31.5 Å². The molecule has 0 aliphatic heterocycles. The number of nitrogens with zero attached hydrogens (tertiary/aromatic N) is 1. The number of amides is 1. The standard InChI is InChI=1S/C34H36ClF3N2O5S/c1-20(19-45-40(3)18-22-7-5-4-6-8-22)21(2)34(42)16-24-9-10-25(17-34)32(24)46(43,44)30-13-23(11-12-27(30)35)33(41)39-26-14-28(36)31(38)29(37)15-26/h4-8,11-15,19,21,24-25,32,42H,9-10,16-18H2,1-3H3,(H,39,41)/b20-19-/t21?,24-,25?,32?,34+/m0/s1. The largest absolute Gasteiger partial charge is 0.414 e. The van der Waals surface area contributed by atoms with Gasteiger partial charge in [-0.05, 0) is 73.8 Å². The van der Waals surface area contributed by atoms with E-state index in [2.05, 4.69) is 5.32 Å². The van der Waals surface area contributed by atoms with Gasteiger partial charge < -0.3 is 15.3 Å². The fourth-order valence-electron chi connectivity index (χ4n) is 6.85. The Morgan fingerprint density at radius 1 is 1.09 bits per heavy atom. The van der Waals surface area contributed by atoms with E-state index < -0.39 is 44.0 Å². The Morgan fingerprint density at radius 2 is 1.70 bits per heavy atom. The van der Waals surface area contributed by atoms with Gasteiger partial charge in [0.1, 0.15) is 6.26 Å². The minimum Gasteiger partial charge on any atom is -0.414 e. The quantitative estimate of drug-likeness (QED) is 0.133. The van der Waals surface area contributed by atoms with Crippen LogP contribution in [-0.2, 0) is 21.2 Å². The Bertz CT molecular complexity index is 1720. The highest BCUT2D eigenvalue weighted by atomic mass is 35.5. The number of nitrogens with one attached hydrogen (secondary N) is 1. The highest BCUT2D eigenvalue weighted by Crippen LogP contribution is 2.54. The van der Waals surface area contributed by atoms with Gasteiger partial charge in [0.05, 0.1) is 27.3 Å². The van der Waals surface area contributed by atoms with Gasteiger partial charge in [0, 0.05) is 36.3 Å². The lowest BCUT2D eigenvalue weighted by atomic mass is 9.69. The molecule has 246 valence electrons. The molecule has 0 spiro atoms. The van der Waals surface area contributed by atoms with Crippen molar-refractivity contribution in [1.29, 1.82) is 0 Å². The summed E-state index contributed by atoms with van der Waals surface area (Å²) < 4.78 is 68.8. The molecule has 5 rings (SSSR count). The zero-order chi connectivity index (χ0) is 33.4. The van der Waals surface area contributed by atoms with E-state index in [0.717, 1.165) is 17.2 Å². The average Bonchev–Trinajstić information content (AvgIpc) is 3.31. The van der Waals surface area contributed by atoms with Gasteiger partial charge in [-0.15, -0.1) is 5.06 Å². The summed E-state index contributed by atoms with van der Waals surface area (Å²) in [7, 11) is -2.24. The minimum atomic E-state index is -4.06. The number of sulfone groups is 1. The van der Waals surface area contributed by atoms with Crippen molar-refractivity contribution in [2.24, 2.45) is 17.8 Å². The van der Waals surface area contributed by atoms with Gasteiger partial charge in [-0.1, -0.05) is 48.9 Å². The molecule has 2 fully saturated rings. The Kier molecular flexibility index (Phi) is 9.89. The van der Waals surface area contributed by atoms with Crippen molar-refractivity contribution in [3.63, 3.8) is 0 Å². The number of carbonyl (C=O) groups is 1. The van der Waals surface area contributed by atoms with Gasteiger partial charge in [-0.25, -0.2) is 21.6 Å². The molecule has 2 N–H and O–H groups in total. The lowest BCUT2D eigenvalue weighted by molar-refractivity contribution is -0.0922. The molecule has 0 saturated heterocycles. The molecule has 5 atom stereocenters. The summed E-state index contributed by atoms with van der Waals surface area (Å²) in [6, 6.07) is 14.8. The molecule has 2 aliphatic carbocycles. The van der Waals surface area contributed by atoms with Crippen LogP contribution in [0.25, 0.3) is 0 Å². The first-order valence-electron chi connectivity index (χ1n) is 15.0. The summed E-state index contributed by atoms with van der Waals surface area (Å²) in [5, 5.41) is 14.9. The molecular weight excluding hydrogens is 641 g/mol. The van der Waals surface area contributed by atoms with Crippen molar-refractivity contribution in [2.75, 3.05) is 12.4 Å². The third-order valence-electron chi connectivity index (χ3n) is 9.32.